The van der Waals surface area contributed by atoms with Gasteiger partial charge in [-0.25, -0.2) is 0 Å². The van der Waals surface area contributed by atoms with Crippen molar-refractivity contribution in [1.29, 1.82) is 0 Å². The van der Waals surface area contributed by atoms with Gasteiger partial charge in [0.2, 0.25) is 0 Å². The molecule has 0 spiro atoms. The zero-order valence-corrected chi connectivity index (χ0v) is 11.3. The Balaban J connectivity index is 2.65. The van der Waals surface area contributed by atoms with Crippen molar-refractivity contribution in [3.05, 3.63) is 33.9 Å². The molecule has 0 saturated heterocycles. The quantitative estimate of drug-likeness (QED) is 0.284. The van der Waals surface area contributed by atoms with Crippen LogP contribution >= 0.6 is 11.8 Å². The lowest BCUT2D eigenvalue weighted by atomic mass is 10.2. The molecule has 0 amide bonds. The van der Waals surface area contributed by atoms with Crippen LogP contribution in [0.15, 0.2) is 23.1 Å². The van der Waals surface area contributed by atoms with Gasteiger partial charge in [0.1, 0.15) is 0 Å². The summed E-state index contributed by atoms with van der Waals surface area (Å²) in [6.45, 7) is 1.76. The Labute approximate surface area is 109 Å². The van der Waals surface area contributed by atoms with Gasteiger partial charge in [-0.2, -0.15) is 8.42 Å². The van der Waals surface area contributed by atoms with E-state index in [1.807, 2.05) is 0 Å². The van der Waals surface area contributed by atoms with Crippen molar-refractivity contribution in [3.8, 4) is 0 Å². The summed E-state index contributed by atoms with van der Waals surface area (Å²) in [6.07, 6.45) is 0.245. The van der Waals surface area contributed by atoms with E-state index in [9.17, 15) is 18.5 Å². The molecular weight excluding hydrogens is 278 g/mol. The zero-order chi connectivity index (χ0) is 13.8. The van der Waals surface area contributed by atoms with Crippen LogP contribution in [0.1, 0.15) is 12.0 Å². The second-order valence-corrected chi connectivity index (χ2v) is 6.43. The van der Waals surface area contributed by atoms with Gasteiger partial charge < -0.3 is 0 Å². The molecule has 0 saturated carbocycles. The van der Waals surface area contributed by atoms with E-state index >= 15 is 0 Å². The van der Waals surface area contributed by atoms with Crippen LogP contribution in [0.25, 0.3) is 0 Å². The molecule has 1 aromatic carbocycles. The van der Waals surface area contributed by atoms with E-state index in [1.54, 1.807) is 19.1 Å². The third-order valence-corrected chi connectivity index (χ3v) is 4.07. The first-order valence-corrected chi connectivity index (χ1v) is 7.72. The van der Waals surface area contributed by atoms with E-state index in [0.717, 1.165) is 5.56 Å². The number of aryl methyl sites for hydroxylation is 1. The van der Waals surface area contributed by atoms with Gasteiger partial charge in [0.05, 0.1) is 15.6 Å². The Kier molecular flexibility index (Phi) is 5.12. The Bertz CT molecular complexity index is 541. The van der Waals surface area contributed by atoms with Crippen molar-refractivity contribution < 1.29 is 17.9 Å². The number of rotatable bonds is 6. The van der Waals surface area contributed by atoms with E-state index < -0.39 is 15.0 Å². The largest absolute Gasteiger partial charge is 0.286 e. The summed E-state index contributed by atoms with van der Waals surface area (Å²) >= 11 is 1.21. The number of nitro groups is 1. The summed E-state index contributed by atoms with van der Waals surface area (Å²) in [4.78, 5) is 10.9. The molecule has 0 radical (unpaired) electrons. The number of nitro benzene ring substituents is 1. The standard InChI is InChI=1S/C10H13NO5S2/c1-8-3-4-10(9(7-8)11(12)13)17-5-2-6-18(14,15)16/h3-4,7H,2,5-6H2,1H3,(H,14,15,16). The van der Waals surface area contributed by atoms with Crippen LogP contribution in [0.2, 0.25) is 0 Å². The summed E-state index contributed by atoms with van der Waals surface area (Å²) in [6, 6.07) is 4.88. The van der Waals surface area contributed by atoms with Crippen molar-refractivity contribution >= 4 is 27.6 Å². The smallest absolute Gasteiger partial charge is 0.283 e. The van der Waals surface area contributed by atoms with Crippen molar-refractivity contribution in [1.82, 2.24) is 0 Å². The normalized spacial score (nSPS) is 11.4. The molecule has 6 nitrogen and oxygen atoms in total. The molecule has 0 bridgehead atoms. The summed E-state index contributed by atoms with van der Waals surface area (Å²) in [7, 11) is -3.96. The molecule has 0 aliphatic carbocycles. The van der Waals surface area contributed by atoms with Gasteiger partial charge in [0.15, 0.2) is 0 Å². The predicted octanol–water partition coefficient (Wildman–Crippen LogP) is 2.27. The average molecular weight is 291 g/mol. The van der Waals surface area contributed by atoms with Crippen LogP contribution in [0, 0.1) is 17.0 Å². The highest BCUT2D eigenvalue weighted by molar-refractivity contribution is 7.99. The number of thioether (sulfide) groups is 1. The van der Waals surface area contributed by atoms with Crippen LogP contribution in [-0.4, -0.2) is 29.4 Å². The SMILES string of the molecule is Cc1ccc(SCCCS(=O)(=O)O)c([N+](=O)[O-])c1. The van der Waals surface area contributed by atoms with E-state index in [-0.39, 0.29) is 17.9 Å². The molecule has 0 aromatic heterocycles. The molecule has 0 atom stereocenters. The minimum atomic E-state index is -3.96. The topological polar surface area (TPSA) is 97.5 Å². The Hall–Kier alpha value is -1.12. The monoisotopic (exact) mass is 291 g/mol. The summed E-state index contributed by atoms with van der Waals surface area (Å²) < 4.78 is 29.5. The first kappa shape index (κ1) is 14.9. The molecule has 0 heterocycles. The molecule has 1 rings (SSSR count). The maximum absolute atomic E-state index is 10.8. The highest BCUT2D eigenvalue weighted by atomic mass is 32.2. The van der Waals surface area contributed by atoms with E-state index in [4.69, 9.17) is 4.55 Å². The number of nitrogens with zero attached hydrogens (tertiary/aromatic N) is 1. The predicted molar refractivity (Wildman–Crippen MR) is 69.6 cm³/mol. The Morgan fingerprint density at radius 3 is 2.67 bits per heavy atom. The van der Waals surface area contributed by atoms with Crippen LogP contribution in [0.3, 0.4) is 0 Å². The lowest BCUT2D eigenvalue weighted by Crippen LogP contribution is -2.04. The van der Waals surface area contributed by atoms with Crippen LogP contribution < -0.4 is 0 Å². The fourth-order valence-electron chi connectivity index (χ4n) is 1.32. The maximum atomic E-state index is 10.8. The fraction of sp³-hybridized carbons (Fsp3) is 0.400. The van der Waals surface area contributed by atoms with Crippen LogP contribution in [0.4, 0.5) is 5.69 Å². The molecule has 18 heavy (non-hydrogen) atoms. The molecule has 0 fully saturated rings. The molecule has 0 aliphatic rings. The van der Waals surface area contributed by atoms with Gasteiger partial charge in [-0.1, -0.05) is 6.07 Å². The average Bonchev–Trinajstić information content (AvgIpc) is 2.24. The fourth-order valence-corrected chi connectivity index (χ4v) is 2.96. The first-order chi connectivity index (χ1) is 8.29. The summed E-state index contributed by atoms with van der Waals surface area (Å²) in [5.41, 5.74) is 0.816. The minimum Gasteiger partial charge on any atom is -0.286 e. The van der Waals surface area contributed by atoms with E-state index in [2.05, 4.69) is 0 Å². The molecule has 0 aliphatic heterocycles. The molecule has 100 valence electrons. The third-order valence-electron chi connectivity index (χ3n) is 2.12. The third kappa shape index (κ3) is 5.03. The minimum absolute atomic E-state index is 0.0202. The second kappa shape index (κ2) is 6.17. The van der Waals surface area contributed by atoms with Crippen molar-refractivity contribution in [2.24, 2.45) is 0 Å². The Morgan fingerprint density at radius 2 is 2.11 bits per heavy atom. The van der Waals surface area contributed by atoms with Crippen molar-refractivity contribution in [2.75, 3.05) is 11.5 Å². The van der Waals surface area contributed by atoms with Crippen molar-refractivity contribution in [3.63, 3.8) is 0 Å². The van der Waals surface area contributed by atoms with Gasteiger partial charge in [-0.3, -0.25) is 14.7 Å². The lowest BCUT2D eigenvalue weighted by Gasteiger charge is -2.03. The van der Waals surface area contributed by atoms with Crippen LogP contribution in [0.5, 0.6) is 0 Å². The van der Waals surface area contributed by atoms with E-state index in [1.165, 1.54) is 17.8 Å². The first-order valence-electron chi connectivity index (χ1n) is 5.12. The molecule has 8 heteroatoms. The highest BCUT2D eigenvalue weighted by Gasteiger charge is 2.14. The van der Waals surface area contributed by atoms with Crippen molar-refractivity contribution in [2.45, 2.75) is 18.2 Å². The molecule has 1 aromatic rings. The summed E-state index contributed by atoms with van der Waals surface area (Å²) in [5.74, 6) is 0.0589. The molecular formula is C10H13NO5S2. The van der Waals surface area contributed by atoms with Gasteiger partial charge in [0, 0.05) is 6.07 Å². The molecule has 0 unspecified atom stereocenters. The second-order valence-electron chi connectivity index (χ2n) is 3.72. The van der Waals surface area contributed by atoms with Gasteiger partial charge in [-0.15, -0.1) is 11.8 Å². The van der Waals surface area contributed by atoms with Crippen LogP contribution in [-0.2, 0) is 10.1 Å². The lowest BCUT2D eigenvalue weighted by molar-refractivity contribution is -0.387. The highest BCUT2D eigenvalue weighted by Crippen LogP contribution is 2.30. The van der Waals surface area contributed by atoms with E-state index in [0.29, 0.717) is 10.6 Å². The molecule has 1 N–H and O–H groups in total. The number of hydrogen-bond donors (Lipinski definition) is 1. The number of benzene rings is 1. The summed E-state index contributed by atoms with van der Waals surface area (Å²) in [5, 5.41) is 10.8. The number of hydrogen-bond acceptors (Lipinski definition) is 5. The zero-order valence-electron chi connectivity index (χ0n) is 9.70. The van der Waals surface area contributed by atoms with Gasteiger partial charge >= 0.3 is 0 Å². The van der Waals surface area contributed by atoms with Gasteiger partial charge in [-0.05, 0) is 30.7 Å². The maximum Gasteiger partial charge on any atom is 0.283 e. The van der Waals surface area contributed by atoms with Gasteiger partial charge in [0.25, 0.3) is 15.8 Å². The Morgan fingerprint density at radius 1 is 1.44 bits per heavy atom.